The molecule has 1 saturated carbocycles. The Morgan fingerprint density at radius 2 is 2.36 bits per heavy atom. The van der Waals surface area contributed by atoms with E-state index < -0.39 is 0 Å². The Balaban J connectivity index is 2.03. The molecule has 1 heterocycles. The van der Waals surface area contributed by atoms with E-state index in [1.807, 2.05) is 4.68 Å². The molecule has 1 aliphatic rings. The van der Waals surface area contributed by atoms with Crippen molar-refractivity contribution in [2.24, 2.45) is 5.73 Å². The van der Waals surface area contributed by atoms with Crippen LogP contribution in [0.3, 0.4) is 0 Å². The molecule has 1 fully saturated rings. The van der Waals surface area contributed by atoms with Crippen LogP contribution in [0.5, 0.6) is 0 Å². The van der Waals surface area contributed by atoms with Crippen molar-refractivity contribution < 1.29 is 0 Å². The molecule has 0 aromatic carbocycles. The van der Waals surface area contributed by atoms with E-state index in [2.05, 4.69) is 12.0 Å². The summed E-state index contributed by atoms with van der Waals surface area (Å²) in [6, 6.07) is 0. The average molecular weight is 214 g/mol. The van der Waals surface area contributed by atoms with Crippen molar-refractivity contribution in [1.82, 2.24) is 9.78 Å². The van der Waals surface area contributed by atoms with Gasteiger partial charge in [0, 0.05) is 12.1 Å². The van der Waals surface area contributed by atoms with Crippen molar-refractivity contribution in [2.45, 2.75) is 44.7 Å². The first-order valence-electron chi connectivity index (χ1n) is 5.14. The van der Waals surface area contributed by atoms with Crippen LogP contribution in [-0.2, 0) is 13.0 Å². The molecule has 0 amide bonds. The molecule has 1 aliphatic carbocycles. The molecule has 2 N–H and O–H groups in total. The summed E-state index contributed by atoms with van der Waals surface area (Å²) in [5.74, 6) is 0. The zero-order chi connectivity index (χ0) is 10.2. The Morgan fingerprint density at radius 1 is 1.64 bits per heavy atom. The minimum absolute atomic E-state index is 0.103. The highest BCUT2D eigenvalue weighted by molar-refractivity contribution is 6.31. The number of nitrogens with zero attached hydrogens (tertiary/aromatic N) is 2. The van der Waals surface area contributed by atoms with Gasteiger partial charge in [0.1, 0.15) is 0 Å². The van der Waals surface area contributed by atoms with Crippen molar-refractivity contribution >= 4 is 11.6 Å². The molecule has 0 aliphatic heterocycles. The Hall–Kier alpha value is -0.540. The summed E-state index contributed by atoms with van der Waals surface area (Å²) >= 11 is 6.05. The van der Waals surface area contributed by atoms with E-state index in [1.54, 1.807) is 6.20 Å². The third kappa shape index (κ3) is 1.93. The van der Waals surface area contributed by atoms with E-state index in [1.165, 1.54) is 0 Å². The Bertz CT molecular complexity index is 328. The van der Waals surface area contributed by atoms with Gasteiger partial charge in [-0.25, -0.2) is 0 Å². The molecule has 14 heavy (non-hydrogen) atoms. The Labute approximate surface area is 89.2 Å². The molecule has 4 heteroatoms. The molecular weight excluding hydrogens is 198 g/mol. The number of hydrogen-bond donors (Lipinski definition) is 1. The predicted molar refractivity (Wildman–Crippen MR) is 57.4 cm³/mol. The fraction of sp³-hybridized carbons (Fsp3) is 0.700. The number of nitrogens with two attached hydrogens (primary N) is 1. The maximum Gasteiger partial charge on any atom is 0.0817 e. The number of rotatable bonds is 4. The van der Waals surface area contributed by atoms with Crippen molar-refractivity contribution in [1.29, 1.82) is 0 Å². The lowest BCUT2D eigenvalue weighted by Gasteiger charge is -2.09. The SMILES string of the molecule is CCn1ncc(Cl)c1CCC1(N)CC1. The van der Waals surface area contributed by atoms with E-state index in [0.717, 1.165) is 42.9 Å². The average Bonchev–Trinajstić information content (AvgIpc) is 2.78. The third-order valence-corrected chi connectivity index (χ3v) is 3.26. The molecule has 3 nitrogen and oxygen atoms in total. The number of aromatic nitrogens is 2. The molecule has 0 saturated heterocycles. The first-order valence-corrected chi connectivity index (χ1v) is 5.51. The van der Waals surface area contributed by atoms with Crippen molar-refractivity contribution in [3.63, 3.8) is 0 Å². The van der Waals surface area contributed by atoms with Crippen LogP contribution in [-0.4, -0.2) is 15.3 Å². The third-order valence-electron chi connectivity index (χ3n) is 2.95. The summed E-state index contributed by atoms with van der Waals surface area (Å²) in [5, 5.41) is 4.97. The van der Waals surface area contributed by atoms with Crippen LogP contribution in [0.15, 0.2) is 6.20 Å². The second-order valence-electron chi connectivity index (χ2n) is 4.12. The second kappa shape index (κ2) is 3.55. The van der Waals surface area contributed by atoms with Gasteiger partial charge in [-0.2, -0.15) is 5.10 Å². The van der Waals surface area contributed by atoms with Crippen LogP contribution in [0, 0.1) is 0 Å². The summed E-state index contributed by atoms with van der Waals surface area (Å²) < 4.78 is 1.95. The van der Waals surface area contributed by atoms with Crippen LogP contribution in [0.2, 0.25) is 5.02 Å². The zero-order valence-electron chi connectivity index (χ0n) is 8.46. The highest BCUT2D eigenvalue weighted by Crippen LogP contribution is 2.37. The molecule has 0 spiro atoms. The topological polar surface area (TPSA) is 43.8 Å². The van der Waals surface area contributed by atoms with Crippen LogP contribution in [0.25, 0.3) is 0 Å². The van der Waals surface area contributed by atoms with Crippen LogP contribution >= 0.6 is 11.6 Å². The van der Waals surface area contributed by atoms with Gasteiger partial charge >= 0.3 is 0 Å². The van der Waals surface area contributed by atoms with Crippen molar-refractivity contribution in [3.8, 4) is 0 Å². The fourth-order valence-electron chi connectivity index (χ4n) is 1.69. The molecule has 0 bridgehead atoms. The predicted octanol–water partition coefficient (Wildman–Crippen LogP) is 1.98. The monoisotopic (exact) mass is 213 g/mol. The molecule has 0 radical (unpaired) electrons. The van der Waals surface area contributed by atoms with Crippen LogP contribution in [0.4, 0.5) is 0 Å². The summed E-state index contributed by atoms with van der Waals surface area (Å²) in [4.78, 5) is 0. The van der Waals surface area contributed by atoms with Gasteiger partial charge in [-0.05, 0) is 32.6 Å². The number of halogens is 1. The molecule has 78 valence electrons. The molecular formula is C10H16ClN3. The maximum atomic E-state index is 6.05. The minimum Gasteiger partial charge on any atom is -0.325 e. The first kappa shape index (κ1) is 9.99. The normalized spacial score (nSPS) is 18.5. The van der Waals surface area contributed by atoms with E-state index in [-0.39, 0.29) is 5.54 Å². The lowest BCUT2D eigenvalue weighted by molar-refractivity contribution is 0.561. The van der Waals surface area contributed by atoms with Gasteiger partial charge in [-0.1, -0.05) is 11.6 Å². The summed E-state index contributed by atoms with van der Waals surface area (Å²) in [6.07, 6.45) is 6.01. The van der Waals surface area contributed by atoms with Gasteiger partial charge in [0.15, 0.2) is 0 Å². The highest BCUT2D eigenvalue weighted by Gasteiger charge is 2.37. The Morgan fingerprint density at radius 3 is 2.93 bits per heavy atom. The zero-order valence-corrected chi connectivity index (χ0v) is 9.22. The molecule has 1 aromatic heterocycles. The lowest BCUT2D eigenvalue weighted by atomic mass is 10.1. The number of aryl methyl sites for hydroxylation is 1. The van der Waals surface area contributed by atoms with Gasteiger partial charge in [0.2, 0.25) is 0 Å². The summed E-state index contributed by atoms with van der Waals surface area (Å²) in [6.45, 7) is 2.95. The smallest absolute Gasteiger partial charge is 0.0817 e. The standard InChI is InChI=1S/C10H16ClN3/c1-2-14-9(8(11)7-13-14)3-4-10(12)5-6-10/h7H,2-6,12H2,1H3. The molecule has 0 unspecified atom stereocenters. The van der Waals surface area contributed by atoms with E-state index in [4.69, 9.17) is 17.3 Å². The van der Waals surface area contributed by atoms with E-state index in [0.29, 0.717) is 0 Å². The lowest BCUT2D eigenvalue weighted by Crippen LogP contribution is -2.22. The molecule has 1 aromatic rings. The van der Waals surface area contributed by atoms with Crippen molar-refractivity contribution in [2.75, 3.05) is 0 Å². The first-order chi connectivity index (χ1) is 6.64. The van der Waals surface area contributed by atoms with Gasteiger partial charge in [-0.3, -0.25) is 4.68 Å². The van der Waals surface area contributed by atoms with Gasteiger partial charge in [0.25, 0.3) is 0 Å². The molecule has 0 atom stereocenters. The number of hydrogen-bond acceptors (Lipinski definition) is 2. The van der Waals surface area contributed by atoms with Gasteiger partial charge in [0.05, 0.1) is 16.9 Å². The summed E-state index contributed by atoms with van der Waals surface area (Å²) in [7, 11) is 0. The second-order valence-corrected chi connectivity index (χ2v) is 4.52. The minimum atomic E-state index is 0.103. The van der Waals surface area contributed by atoms with E-state index >= 15 is 0 Å². The summed E-state index contributed by atoms with van der Waals surface area (Å²) in [5.41, 5.74) is 7.27. The maximum absolute atomic E-state index is 6.05. The quantitative estimate of drug-likeness (QED) is 0.831. The van der Waals surface area contributed by atoms with Gasteiger partial charge in [-0.15, -0.1) is 0 Å². The Kier molecular flexibility index (Phi) is 2.54. The van der Waals surface area contributed by atoms with Gasteiger partial charge < -0.3 is 5.73 Å². The largest absolute Gasteiger partial charge is 0.325 e. The molecule has 2 rings (SSSR count). The van der Waals surface area contributed by atoms with E-state index in [9.17, 15) is 0 Å². The van der Waals surface area contributed by atoms with Crippen LogP contribution < -0.4 is 5.73 Å². The fourth-order valence-corrected chi connectivity index (χ4v) is 1.92. The van der Waals surface area contributed by atoms with Crippen molar-refractivity contribution in [3.05, 3.63) is 16.9 Å². The van der Waals surface area contributed by atoms with Crippen LogP contribution in [0.1, 0.15) is 31.9 Å². The highest BCUT2D eigenvalue weighted by atomic mass is 35.5.